The molecule has 0 saturated carbocycles. The number of aldehydes is 1. The van der Waals surface area contributed by atoms with E-state index in [-0.39, 0.29) is 37.2 Å². The molecule has 0 radical (unpaired) electrons. The highest BCUT2D eigenvalue weighted by Crippen LogP contribution is 2.67. The number of carbonyl (C=O) groups excluding carboxylic acids is 1. The van der Waals surface area contributed by atoms with Crippen LogP contribution in [0.15, 0.2) is 36.4 Å². The molecule has 0 saturated heterocycles. The summed E-state index contributed by atoms with van der Waals surface area (Å²) in [6.07, 6.45) is 0.563. The lowest BCUT2D eigenvalue weighted by Crippen LogP contribution is -2.48. The van der Waals surface area contributed by atoms with Crippen molar-refractivity contribution in [2.24, 2.45) is 0 Å². The number of benzene rings is 2. The molecule has 0 aliphatic heterocycles. The fraction of sp³-hybridized carbons (Fsp3) is 0.208. The third kappa shape index (κ3) is 3.00. The van der Waals surface area contributed by atoms with Crippen molar-refractivity contribution in [3.05, 3.63) is 66.4 Å². The Morgan fingerprint density at radius 1 is 0.765 bits per heavy atom. The number of fused-ring (bicyclic) bond motifs is 2. The zero-order chi connectivity index (χ0) is 24.8. The maximum atomic E-state index is 15.4. The largest absolute Gasteiger partial charge is 0.380 e. The third-order valence-corrected chi connectivity index (χ3v) is 8.83. The molecule has 2 aromatic carbocycles. The molecule has 2 aromatic heterocycles. The first-order valence-electron chi connectivity index (χ1n) is 9.89. The molecule has 1 aliphatic carbocycles. The van der Waals surface area contributed by atoms with E-state index in [9.17, 15) is 13.6 Å². The smallest absolute Gasteiger partial charge is 0.298 e. The van der Waals surface area contributed by atoms with Gasteiger partial charge in [0.2, 0.25) is 0 Å². The van der Waals surface area contributed by atoms with Crippen molar-refractivity contribution in [3.8, 4) is 0 Å². The van der Waals surface area contributed by atoms with Crippen molar-refractivity contribution in [2.75, 3.05) is 0 Å². The van der Waals surface area contributed by atoms with Gasteiger partial charge in [-0.15, -0.1) is 22.7 Å². The van der Waals surface area contributed by atoms with Gasteiger partial charge in [0.05, 0.1) is 0 Å². The molecule has 1 nitrogen and oxygen atoms in total. The zero-order valence-corrected chi connectivity index (χ0v) is 21.2. The molecule has 0 amide bonds. The van der Waals surface area contributed by atoms with Crippen LogP contribution < -0.4 is 0 Å². The first kappa shape index (κ1) is 23.8. The maximum Gasteiger partial charge on any atom is 0.380 e. The SMILES string of the molecule is Cc1sc2cc(I)ccc2c1C1=C(c2c(C)sc3cc(C=O)ccc23)C(F)(F)C(F)(F)C1(F)F. The molecule has 10 heteroatoms. The van der Waals surface area contributed by atoms with Crippen molar-refractivity contribution in [3.63, 3.8) is 0 Å². The van der Waals surface area contributed by atoms with Gasteiger partial charge >= 0.3 is 17.8 Å². The van der Waals surface area contributed by atoms with Crippen LogP contribution in [0, 0.1) is 17.4 Å². The summed E-state index contributed by atoms with van der Waals surface area (Å²) in [6.45, 7) is 2.90. The van der Waals surface area contributed by atoms with Crippen molar-refractivity contribution < 1.29 is 31.1 Å². The Morgan fingerprint density at radius 3 is 1.74 bits per heavy atom. The highest BCUT2D eigenvalue weighted by atomic mass is 127. The minimum atomic E-state index is -5.63. The number of hydrogen-bond donors (Lipinski definition) is 0. The van der Waals surface area contributed by atoms with Crippen LogP contribution in [0.3, 0.4) is 0 Å². The summed E-state index contributed by atoms with van der Waals surface area (Å²) in [6, 6.07) is 8.94. The second-order valence-electron chi connectivity index (χ2n) is 8.05. The maximum absolute atomic E-state index is 15.4. The summed E-state index contributed by atoms with van der Waals surface area (Å²) in [7, 11) is 0. The Balaban J connectivity index is 1.97. The summed E-state index contributed by atoms with van der Waals surface area (Å²) in [5.74, 6) is -15.9. The lowest BCUT2D eigenvalue weighted by Gasteiger charge is -2.26. The van der Waals surface area contributed by atoms with Gasteiger partial charge in [0, 0.05) is 61.3 Å². The van der Waals surface area contributed by atoms with Crippen LogP contribution >= 0.6 is 45.3 Å². The second-order valence-corrected chi connectivity index (χ2v) is 11.8. The summed E-state index contributed by atoms with van der Waals surface area (Å²) in [4.78, 5) is 11.6. The fourth-order valence-electron chi connectivity index (χ4n) is 4.51. The molecule has 4 aromatic rings. The van der Waals surface area contributed by atoms with E-state index in [2.05, 4.69) is 0 Å². The molecular formula is C24H13F6IOS2. The predicted molar refractivity (Wildman–Crippen MR) is 133 cm³/mol. The molecule has 5 rings (SSSR count). The van der Waals surface area contributed by atoms with E-state index < -0.39 is 28.9 Å². The van der Waals surface area contributed by atoms with E-state index in [0.29, 0.717) is 15.7 Å². The number of carbonyl (C=O) groups is 1. The quantitative estimate of drug-likeness (QED) is 0.127. The van der Waals surface area contributed by atoms with Crippen LogP contribution in [-0.2, 0) is 0 Å². The number of halogens is 7. The number of alkyl halides is 6. The lowest BCUT2D eigenvalue weighted by atomic mass is 9.91. The Morgan fingerprint density at radius 2 is 1.24 bits per heavy atom. The van der Waals surface area contributed by atoms with Crippen LogP contribution in [0.25, 0.3) is 31.3 Å². The van der Waals surface area contributed by atoms with Gasteiger partial charge in [0.1, 0.15) is 6.29 Å². The lowest BCUT2D eigenvalue weighted by molar-refractivity contribution is -0.254. The van der Waals surface area contributed by atoms with Gasteiger partial charge in [-0.3, -0.25) is 4.79 Å². The molecule has 34 heavy (non-hydrogen) atoms. The first-order valence-corrected chi connectivity index (χ1v) is 12.6. The topological polar surface area (TPSA) is 17.1 Å². The van der Waals surface area contributed by atoms with Gasteiger partial charge in [-0.1, -0.05) is 18.2 Å². The molecule has 0 atom stereocenters. The van der Waals surface area contributed by atoms with Crippen molar-refractivity contribution in [2.45, 2.75) is 31.6 Å². The average molecular weight is 622 g/mol. The molecular weight excluding hydrogens is 609 g/mol. The minimum Gasteiger partial charge on any atom is -0.298 e. The van der Waals surface area contributed by atoms with Crippen LogP contribution in [0.2, 0.25) is 0 Å². The summed E-state index contributed by atoms with van der Waals surface area (Å²) >= 11 is 4.12. The van der Waals surface area contributed by atoms with Crippen LogP contribution in [0.5, 0.6) is 0 Å². The molecule has 1 aliphatic rings. The standard InChI is InChI=1S/C24H13F6IOS2/c1-10-18(14-5-3-12(9-32)7-16(14)33-10)20-21(23(27,28)24(29,30)22(20,25)26)19-11(2)34-17-8-13(31)4-6-15(17)19/h3-9H,1-2H3. The molecule has 0 spiro atoms. The highest BCUT2D eigenvalue weighted by molar-refractivity contribution is 14.1. The van der Waals surface area contributed by atoms with Gasteiger partial charge < -0.3 is 0 Å². The van der Waals surface area contributed by atoms with E-state index in [1.165, 1.54) is 38.1 Å². The first-order chi connectivity index (χ1) is 15.8. The molecule has 176 valence electrons. The monoisotopic (exact) mass is 622 g/mol. The van der Waals surface area contributed by atoms with Crippen molar-refractivity contribution in [1.29, 1.82) is 0 Å². The number of allylic oxidation sites excluding steroid dienone is 2. The number of aryl methyl sites for hydroxylation is 2. The van der Waals surface area contributed by atoms with Crippen LogP contribution in [0.4, 0.5) is 26.3 Å². The fourth-order valence-corrected chi connectivity index (χ4v) is 7.44. The summed E-state index contributed by atoms with van der Waals surface area (Å²) < 4.78 is 93.0. The van der Waals surface area contributed by atoms with Gasteiger partial charge in [-0.2, -0.15) is 26.3 Å². The van der Waals surface area contributed by atoms with Gasteiger partial charge in [-0.25, -0.2) is 0 Å². The van der Waals surface area contributed by atoms with E-state index >= 15 is 17.6 Å². The Hall–Kier alpha value is -1.92. The highest BCUT2D eigenvalue weighted by Gasteiger charge is 2.80. The summed E-state index contributed by atoms with van der Waals surface area (Å²) in [5.41, 5.74) is -3.05. The molecule has 2 heterocycles. The van der Waals surface area contributed by atoms with E-state index in [1.54, 1.807) is 12.1 Å². The Bertz CT molecular complexity index is 1550. The Labute approximate surface area is 211 Å². The molecule has 0 bridgehead atoms. The van der Waals surface area contributed by atoms with Crippen molar-refractivity contribution in [1.82, 2.24) is 0 Å². The molecule has 0 N–H and O–H groups in total. The molecule has 0 unspecified atom stereocenters. The zero-order valence-electron chi connectivity index (χ0n) is 17.4. The number of hydrogen-bond acceptors (Lipinski definition) is 3. The number of thiophene rings is 2. The third-order valence-electron chi connectivity index (χ3n) is 6.02. The van der Waals surface area contributed by atoms with Gasteiger partial charge in [-0.05, 0) is 54.6 Å². The second kappa shape index (κ2) is 7.54. The normalized spacial score (nSPS) is 18.9. The van der Waals surface area contributed by atoms with E-state index in [0.717, 1.165) is 26.2 Å². The van der Waals surface area contributed by atoms with E-state index in [1.807, 2.05) is 22.6 Å². The van der Waals surface area contributed by atoms with Gasteiger partial charge in [0.25, 0.3) is 0 Å². The molecule has 0 fully saturated rings. The Kier molecular flexibility index (Phi) is 5.28. The predicted octanol–water partition coefficient (Wildman–Crippen LogP) is 8.98. The average Bonchev–Trinajstić information content (AvgIpc) is 3.27. The van der Waals surface area contributed by atoms with E-state index in [4.69, 9.17) is 0 Å². The van der Waals surface area contributed by atoms with Crippen LogP contribution in [0.1, 0.15) is 31.2 Å². The van der Waals surface area contributed by atoms with Crippen molar-refractivity contribution >= 4 is 82.9 Å². The summed E-state index contributed by atoms with van der Waals surface area (Å²) in [5, 5.41) is 0.351. The number of rotatable bonds is 3. The minimum absolute atomic E-state index is 0.125. The van der Waals surface area contributed by atoms with Gasteiger partial charge in [0.15, 0.2) is 0 Å². The van der Waals surface area contributed by atoms with Crippen LogP contribution in [-0.4, -0.2) is 24.1 Å².